The fourth-order valence-electron chi connectivity index (χ4n) is 3.05. The van der Waals surface area contributed by atoms with Gasteiger partial charge in [0.25, 0.3) is 0 Å². The number of hydrogen-bond acceptors (Lipinski definition) is 5. The summed E-state index contributed by atoms with van der Waals surface area (Å²) in [5.74, 6) is -3.37. The SMILES string of the molecule is CC(C)(O)CNc1cc(Oc2ccc(F)cc2F)nc2[nH]nc(-c3cc(F)ccc3F)c12. The van der Waals surface area contributed by atoms with Gasteiger partial charge >= 0.3 is 0 Å². The first kappa shape index (κ1) is 21.6. The first-order chi connectivity index (χ1) is 15.1. The van der Waals surface area contributed by atoms with E-state index in [1.54, 1.807) is 13.8 Å². The van der Waals surface area contributed by atoms with Crippen LogP contribution in [0.5, 0.6) is 11.6 Å². The molecular weight excluding hydrogens is 428 g/mol. The molecule has 0 atom stereocenters. The van der Waals surface area contributed by atoms with Crippen LogP contribution in [-0.4, -0.2) is 32.4 Å². The van der Waals surface area contributed by atoms with Crippen molar-refractivity contribution < 1.29 is 27.4 Å². The van der Waals surface area contributed by atoms with Gasteiger partial charge in [-0.25, -0.2) is 17.6 Å². The minimum absolute atomic E-state index is 0.0730. The van der Waals surface area contributed by atoms with Gasteiger partial charge in [-0.15, -0.1) is 0 Å². The van der Waals surface area contributed by atoms with Crippen molar-refractivity contribution in [2.45, 2.75) is 19.4 Å². The summed E-state index contributed by atoms with van der Waals surface area (Å²) in [5.41, 5.74) is -0.665. The maximum Gasteiger partial charge on any atom is 0.223 e. The van der Waals surface area contributed by atoms with Crippen molar-refractivity contribution in [2.24, 2.45) is 0 Å². The summed E-state index contributed by atoms with van der Waals surface area (Å²) in [4.78, 5) is 4.22. The lowest BCUT2D eigenvalue weighted by atomic mass is 10.1. The summed E-state index contributed by atoms with van der Waals surface area (Å²) in [7, 11) is 0. The van der Waals surface area contributed by atoms with Gasteiger partial charge in [-0.05, 0) is 44.2 Å². The number of halogens is 4. The van der Waals surface area contributed by atoms with Crippen LogP contribution < -0.4 is 10.1 Å². The van der Waals surface area contributed by atoms with E-state index in [4.69, 9.17) is 4.74 Å². The first-order valence-corrected chi connectivity index (χ1v) is 9.54. The van der Waals surface area contributed by atoms with Crippen molar-refractivity contribution in [1.29, 1.82) is 0 Å². The Kier molecular flexibility index (Phi) is 5.47. The summed E-state index contributed by atoms with van der Waals surface area (Å²) in [6, 6.07) is 7.19. The van der Waals surface area contributed by atoms with E-state index in [-0.39, 0.29) is 35.1 Å². The van der Waals surface area contributed by atoms with E-state index in [1.165, 1.54) is 6.07 Å². The number of anilines is 1. The summed E-state index contributed by atoms with van der Waals surface area (Å²) in [6.07, 6.45) is 0. The number of aromatic amines is 1. The van der Waals surface area contributed by atoms with Crippen molar-refractivity contribution in [2.75, 3.05) is 11.9 Å². The molecule has 6 nitrogen and oxygen atoms in total. The maximum atomic E-state index is 14.4. The number of benzene rings is 2. The van der Waals surface area contributed by atoms with E-state index in [0.29, 0.717) is 17.1 Å². The summed E-state index contributed by atoms with van der Waals surface area (Å²) < 4.78 is 60.8. The first-order valence-electron chi connectivity index (χ1n) is 9.54. The third-order valence-corrected chi connectivity index (χ3v) is 4.51. The molecule has 0 unspecified atom stereocenters. The highest BCUT2D eigenvalue weighted by atomic mass is 19.1. The minimum Gasteiger partial charge on any atom is -0.436 e. The van der Waals surface area contributed by atoms with Gasteiger partial charge in [-0.2, -0.15) is 10.1 Å². The molecule has 4 rings (SSSR count). The topological polar surface area (TPSA) is 83.1 Å². The Bertz CT molecular complexity index is 1300. The van der Waals surface area contributed by atoms with Crippen LogP contribution in [0.25, 0.3) is 22.3 Å². The molecule has 4 aromatic rings. The molecule has 3 N–H and O–H groups in total. The van der Waals surface area contributed by atoms with Gasteiger partial charge in [0, 0.05) is 24.2 Å². The quantitative estimate of drug-likeness (QED) is 0.357. The summed E-state index contributed by atoms with van der Waals surface area (Å²) >= 11 is 0. The van der Waals surface area contributed by atoms with Crippen LogP contribution in [0.4, 0.5) is 23.2 Å². The van der Waals surface area contributed by atoms with Gasteiger partial charge < -0.3 is 15.2 Å². The third-order valence-electron chi connectivity index (χ3n) is 4.51. The molecule has 2 heterocycles. The molecule has 0 spiro atoms. The molecule has 2 aromatic carbocycles. The second-order valence-corrected chi connectivity index (χ2v) is 7.77. The van der Waals surface area contributed by atoms with E-state index in [0.717, 1.165) is 30.3 Å². The Labute approximate surface area is 179 Å². The predicted octanol–water partition coefficient (Wildman–Crippen LogP) is 5.16. The number of nitrogens with zero attached hydrogens (tertiary/aromatic N) is 2. The van der Waals surface area contributed by atoms with E-state index in [2.05, 4.69) is 20.5 Å². The van der Waals surface area contributed by atoms with E-state index in [9.17, 15) is 22.7 Å². The average molecular weight is 446 g/mol. The predicted molar refractivity (Wildman–Crippen MR) is 110 cm³/mol. The van der Waals surface area contributed by atoms with Crippen molar-refractivity contribution in [3.63, 3.8) is 0 Å². The fourth-order valence-corrected chi connectivity index (χ4v) is 3.05. The zero-order chi connectivity index (χ0) is 23.0. The highest BCUT2D eigenvalue weighted by Gasteiger charge is 2.21. The largest absolute Gasteiger partial charge is 0.436 e. The molecule has 0 saturated carbocycles. The van der Waals surface area contributed by atoms with E-state index in [1.807, 2.05) is 0 Å². The number of fused-ring (bicyclic) bond motifs is 1. The van der Waals surface area contributed by atoms with Crippen molar-refractivity contribution >= 4 is 16.7 Å². The molecule has 0 saturated heterocycles. The lowest BCUT2D eigenvalue weighted by Crippen LogP contribution is -2.29. The van der Waals surface area contributed by atoms with Crippen molar-refractivity contribution in [3.8, 4) is 22.9 Å². The second-order valence-electron chi connectivity index (χ2n) is 7.77. The Hall–Kier alpha value is -3.66. The number of aromatic nitrogens is 3. The molecule has 32 heavy (non-hydrogen) atoms. The average Bonchev–Trinajstić information content (AvgIpc) is 3.13. The van der Waals surface area contributed by atoms with E-state index < -0.39 is 28.9 Å². The number of aliphatic hydroxyl groups is 1. The molecule has 0 amide bonds. The lowest BCUT2D eigenvalue weighted by Gasteiger charge is -2.19. The van der Waals surface area contributed by atoms with Crippen molar-refractivity contribution in [1.82, 2.24) is 15.2 Å². The van der Waals surface area contributed by atoms with Crippen LogP contribution in [0.3, 0.4) is 0 Å². The molecule has 0 radical (unpaired) electrons. The number of nitrogens with one attached hydrogen (secondary N) is 2. The molecule has 10 heteroatoms. The molecule has 0 aliphatic heterocycles. The third kappa shape index (κ3) is 4.50. The number of ether oxygens (including phenoxy) is 1. The fraction of sp³-hybridized carbons (Fsp3) is 0.182. The Morgan fingerprint density at radius 2 is 1.72 bits per heavy atom. The Balaban J connectivity index is 1.84. The molecule has 0 aliphatic rings. The lowest BCUT2D eigenvalue weighted by molar-refractivity contribution is 0.0945. The van der Waals surface area contributed by atoms with Gasteiger partial charge in [-0.1, -0.05) is 0 Å². The van der Waals surface area contributed by atoms with Gasteiger partial charge in [0.05, 0.1) is 16.7 Å². The zero-order valence-corrected chi connectivity index (χ0v) is 17.0. The van der Waals surface area contributed by atoms with Gasteiger partial charge in [0.1, 0.15) is 23.1 Å². The highest BCUT2D eigenvalue weighted by molar-refractivity contribution is 6.00. The number of hydrogen-bond donors (Lipinski definition) is 3. The number of rotatable bonds is 6. The van der Waals surface area contributed by atoms with Gasteiger partial charge in [0.15, 0.2) is 17.2 Å². The standard InChI is InChI=1S/C22H18F4N4O2/c1-22(2,31)10-27-16-9-18(32-17-6-4-12(24)8-15(17)26)28-21-19(16)20(29-30-21)13-7-11(23)3-5-14(13)25/h3-9,31H,10H2,1-2H3,(H2,27,28,29,30). The Morgan fingerprint density at radius 1 is 1.00 bits per heavy atom. The zero-order valence-electron chi connectivity index (χ0n) is 17.0. The van der Waals surface area contributed by atoms with Crippen LogP contribution in [0.15, 0.2) is 42.5 Å². The highest BCUT2D eigenvalue weighted by Crippen LogP contribution is 2.36. The Morgan fingerprint density at radius 3 is 2.44 bits per heavy atom. The van der Waals surface area contributed by atoms with Gasteiger partial charge in [-0.3, -0.25) is 5.10 Å². The molecule has 0 bridgehead atoms. The summed E-state index contributed by atoms with van der Waals surface area (Å²) in [5, 5.41) is 20.1. The minimum atomic E-state index is -1.12. The van der Waals surface area contributed by atoms with Crippen molar-refractivity contribution in [3.05, 3.63) is 65.7 Å². The van der Waals surface area contributed by atoms with Crippen LogP contribution >= 0.6 is 0 Å². The molecule has 0 aliphatic carbocycles. The molecule has 166 valence electrons. The molecule has 2 aromatic heterocycles. The van der Waals surface area contributed by atoms with Crippen LogP contribution in [-0.2, 0) is 0 Å². The van der Waals surface area contributed by atoms with E-state index >= 15 is 0 Å². The van der Waals surface area contributed by atoms with Crippen LogP contribution in [0, 0.1) is 23.3 Å². The number of pyridine rings is 1. The van der Waals surface area contributed by atoms with Gasteiger partial charge in [0.2, 0.25) is 5.88 Å². The smallest absolute Gasteiger partial charge is 0.223 e. The summed E-state index contributed by atoms with van der Waals surface area (Å²) in [6.45, 7) is 3.23. The van der Waals surface area contributed by atoms with Crippen LogP contribution in [0.1, 0.15) is 13.8 Å². The normalized spacial score (nSPS) is 11.7. The maximum absolute atomic E-state index is 14.4. The molecular formula is C22H18F4N4O2. The molecule has 0 fully saturated rings. The monoisotopic (exact) mass is 446 g/mol. The second kappa shape index (κ2) is 8.12. The number of H-pyrrole nitrogens is 1. The van der Waals surface area contributed by atoms with Crippen LogP contribution in [0.2, 0.25) is 0 Å².